The number of carbonyl (C=O) groups excluding carboxylic acids is 1. The summed E-state index contributed by atoms with van der Waals surface area (Å²) in [6.07, 6.45) is 2.86. The van der Waals surface area contributed by atoms with E-state index >= 15 is 0 Å². The molecule has 1 heterocycles. The number of amides is 1. The van der Waals surface area contributed by atoms with Gasteiger partial charge in [-0.05, 0) is 60.3 Å². The van der Waals surface area contributed by atoms with Gasteiger partial charge in [-0.2, -0.15) is 0 Å². The van der Waals surface area contributed by atoms with Crippen LogP contribution in [-0.4, -0.2) is 31.3 Å². The largest absolute Gasteiger partial charge is 0.333 e. The number of carbonyl (C=O) groups is 1. The van der Waals surface area contributed by atoms with Crippen molar-refractivity contribution in [3.8, 4) is 0 Å². The Balaban J connectivity index is 2.40. The first-order chi connectivity index (χ1) is 9.75. The fraction of sp³-hybridized carbons (Fsp3) is 0.500. The van der Waals surface area contributed by atoms with Crippen molar-refractivity contribution in [3.63, 3.8) is 0 Å². The molecule has 0 aliphatic carbocycles. The molecular weight excluding hydrogens is 356 g/mol. The van der Waals surface area contributed by atoms with Gasteiger partial charge in [-0.15, -0.1) is 0 Å². The van der Waals surface area contributed by atoms with Gasteiger partial charge in [0, 0.05) is 22.1 Å². The zero-order valence-corrected chi connectivity index (χ0v) is 14.4. The number of rotatable bonds is 3. The molecule has 1 amide bonds. The van der Waals surface area contributed by atoms with Gasteiger partial charge in [0.05, 0.1) is 4.90 Å². The molecule has 5 nitrogen and oxygen atoms in total. The summed E-state index contributed by atoms with van der Waals surface area (Å²) in [6.45, 7) is 4.08. The van der Waals surface area contributed by atoms with E-state index in [1.807, 2.05) is 11.8 Å². The number of benzene rings is 1. The fourth-order valence-electron chi connectivity index (χ4n) is 2.84. The van der Waals surface area contributed by atoms with E-state index in [4.69, 9.17) is 5.14 Å². The van der Waals surface area contributed by atoms with Crippen molar-refractivity contribution in [2.24, 2.45) is 5.14 Å². The Morgan fingerprint density at radius 3 is 2.67 bits per heavy atom. The first-order valence-corrected chi connectivity index (χ1v) is 9.24. The number of primary sulfonamides is 1. The fourth-order valence-corrected chi connectivity index (χ4v) is 4.40. The lowest BCUT2D eigenvalue weighted by atomic mass is 10.1. The van der Waals surface area contributed by atoms with Crippen molar-refractivity contribution < 1.29 is 13.2 Å². The molecule has 1 fully saturated rings. The minimum absolute atomic E-state index is 0.0618. The van der Waals surface area contributed by atoms with Gasteiger partial charge in [-0.25, -0.2) is 13.6 Å². The van der Waals surface area contributed by atoms with Gasteiger partial charge < -0.3 is 4.90 Å². The molecule has 21 heavy (non-hydrogen) atoms. The second-order valence-corrected chi connectivity index (χ2v) is 7.78. The molecule has 7 heteroatoms. The number of hydrogen-bond donors (Lipinski definition) is 1. The quantitative estimate of drug-likeness (QED) is 0.882. The monoisotopic (exact) mass is 374 g/mol. The topological polar surface area (TPSA) is 80.5 Å². The molecular formula is C14H19BrN2O3S. The number of nitrogens with two attached hydrogens (primary N) is 1. The standard InChI is InChI=1S/C14H19BrN2O3S/c1-3-11-6-4-9(2)17(11)14(18)10-5-7-12(15)13(8-10)21(16,19)20/h5,7-9,11H,3-4,6H2,1-2H3,(H2,16,19,20). The number of nitrogens with zero attached hydrogens (tertiary/aromatic N) is 1. The molecule has 0 bridgehead atoms. The Bertz CT molecular complexity index is 660. The van der Waals surface area contributed by atoms with Gasteiger partial charge in [0.25, 0.3) is 5.91 Å². The van der Waals surface area contributed by atoms with Crippen molar-refractivity contribution in [2.45, 2.75) is 50.1 Å². The highest BCUT2D eigenvalue weighted by Crippen LogP contribution is 2.29. The van der Waals surface area contributed by atoms with Crippen molar-refractivity contribution in [1.29, 1.82) is 0 Å². The number of sulfonamides is 1. The molecule has 2 N–H and O–H groups in total. The van der Waals surface area contributed by atoms with E-state index < -0.39 is 10.0 Å². The van der Waals surface area contributed by atoms with Crippen LogP contribution in [0.4, 0.5) is 0 Å². The van der Waals surface area contributed by atoms with Crippen molar-refractivity contribution in [2.75, 3.05) is 0 Å². The van der Waals surface area contributed by atoms with Crippen LogP contribution in [0, 0.1) is 0 Å². The Kier molecular flexibility index (Phi) is 4.75. The molecule has 0 saturated carbocycles. The van der Waals surface area contributed by atoms with Crippen LogP contribution < -0.4 is 5.14 Å². The molecule has 0 aromatic heterocycles. The van der Waals surface area contributed by atoms with Crippen LogP contribution in [-0.2, 0) is 10.0 Å². The van der Waals surface area contributed by atoms with Crippen LogP contribution in [0.15, 0.2) is 27.6 Å². The molecule has 1 aromatic carbocycles. The van der Waals surface area contributed by atoms with E-state index in [1.165, 1.54) is 6.07 Å². The lowest BCUT2D eigenvalue weighted by Gasteiger charge is -2.28. The Morgan fingerprint density at radius 2 is 2.10 bits per heavy atom. The maximum absolute atomic E-state index is 12.7. The third-order valence-corrected chi connectivity index (χ3v) is 5.88. The van der Waals surface area contributed by atoms with Gasteiger partial charge in [-0.1, -0.05) is 6.92 Å². The summed E-state index contributed by atoms with van der Waals surface area (Å²) in [5, 5.41) is 5.18. The van der Waals surface area contributed by atoms with Crippen LogP contribution in [0.5, 0.6) is 0 Å². The summed E-state index contributed by atoms with van der Waals surface area (Å²) in [7, 11) is -3.86. The maximum atomic E-state index is 12.7. The molecule has 2 atom stereocenters. The SMILES string of the molecule is CCC1CCC(C)N1C(=O)c1ccc(Br)c(S(N)(=O)=O)c1. The number of hydrogen-bond acceptors (Lipinski definition) is 3. The van der Waals surface area contributed by atoms with Crippen LogP contribution in [0.3, 0.4) is 0 Å². The summed E-state index contributed by atoms with van der Waals surface area (Å²) in [6, 6.07) is 4.91. The normalized spacial score (nSPS) is 22.6. The molecule has 1 aliphatic rings. The first kappa shape index (κ1) is 16.5. The highest BCUT2D eigenvalue weighted by molar-refractivity contribution is 9.10. The Labute approximate surface area is 133 Å². The minimum Gasteiger partial charge on any atom is -0.333 e. The summed E-state index contributed by atoms with van der Waals surface area (Å²) >= 11 is 3.15. The number of likely N-dealkylation sites (tertiary alicyclic amines) is 1. The van der Waals surface area contributed by atoms with E-state index in [1.54, 1.807) is 12.1 Å². The lowest BCUT2D eigenvalue weighted by molar-refractivity contribution is 0.0676. The molecule has 0 radical (unpaired) electrons. The van der Waals surface area contributed by atoms with Crippen LogP contribution in [0.25, 0.3) is 0 Å². The predicted octanol–water partition coefficient (Wildman–Crippen LogP) is 2.50. The second-order valence-electron chi connectivity index (χ2n) is 5.39. The molecule has 2 rings (SSSR count). The van der Waals surface area contributed by atoms with E-state index in [-0.39, 0.29) is 22.9 Å². The average Bonchev–Trinajstić information content (AvgIpc) is 2.78. The Hall–Kier alpha value is -0.920. The summed E-state index contributed by atoms with van der Waals surface area (Å²) < 4.78 is 23.5. The van der Waals surface area contributed by atoms with E-state index in [2.05, 4.69) is 22.9 Å². The summed E-state index contributed by atoms with van der Waals surface area (Å²) in [5.41, 5.74) is 0.356. The molecule has 2 unspecified atom stereocenters. The second kappa shape index (κ2) is 6.06. The number of halogens is 1. The molecule has 1 aliphatic heterocycles. The molecule has 116 valence electrons. The first-order valence-electron chi connectivity index (χ1n) is 6.90. The van der Waals surface area contributed by atoms with Gasteiger partial charge in [0.1, 0.15) is 0 Å². The highest BCUT2D eigenvalue weighted by Gasteiger charge is 2.34. The smallest absolute Gasteiger partial charge is 0.254 e. The van der Waals surface area contributed by atoms with Gasteiger partial charge in [0.2, 0.25) is 10.0 Å². The maximum Gasteiger partial charge on any atom is 0.254 e. The zero-order chi connectivity index (χ0) is 15.8. The summed E-state index contributed by atoms with van der Waals surface area (Å²) in [5.74, 6) is -0.135. The zero-order valence-electron chi connectivity index (χ0n) is 12.0. The highest BCUT2D eigenvalue weighted by atomic mass is 79.9. The van der Waals surface area contributed by atoms with Crippen LogP contribution in [0.2, 0.25) is 0 Å². The molecule has 0 spiro atoms. The Morgan fingerprint density at radius 1 is 1.43 bits per heavy atom. The van der Waals surface area contributed by atoms with Gasteiger partial charge in [0.15, 0.2) is 0 Å². The predicted molar refractivity (Wildman–Crippen MR) is 84.5 cm³/mol. The molecule has 1 saturated heterocycles. The van der Waals surface area contributed by atoms with E-state index in [0.717, 1.165) is 19.3 Å². The lowest BCUT2D eigenvalue weighted by Crippen LogP contribution is -2.39. The van der Waals surface area contributed by atoms with Crippen molar-refractivity contribution in [1.82, 2.24) is 4.90 Å². The van der Waals surface area contributed by atoms with Crippen molar-refractivity contribution in [3.05, 3.63) is 28.2 Å². The third-order valence-electron chi connectivity index (χ3n) is 3.98. The molecule has 1 aromatic rings. The van der Waals surface area contributed by atoms with Gasteiger partial charge >= 0.3 is 0 Å². The van der Waals surface area contributed by atoms with Crippen LogP contribution in [0.1, 0.15) is 43.5 Å². The van der Waals surface area contributed by atoms with Crippen LogP contribution >= 0.6 is 15.9 Å². The van der Waals surface area contributed by atoms with Gasteiger partial charge in [-0.3, -0.25) is 4.79 Å². The third kappa shape index (κ3) is 3.30. The van der Waals surface area contributed by atoms with E-state index in [9.17, 15) is 13.2 Å². The van der Waals surface area contributed by atoms with Crippen molar-refractivity contribution >= 4 is 31.9 Å². The summed E-state index contributed by atoms with van der Waals surface area (Å²) in [4.78, 5) is 14.5. The average molecular weight is 375 g/mol. The minimum atomic E-state index is -3.86. The van der Waals surface area contributed by atoms with E-state index in [0.29, 0.717) is 10.0 Å².